The van der Waals surface area contributed by atoms with Gasteiger partial charge in [0.2, 0.25) is 5.95 Å². The molecule has 0 saturated carbocycles. The molecule has 0 saturated heterocycles. The fourth-order valence-electron chi connectivity index (χ4n) is 9.94. The van der Waals surface area contributed by atoms with E-state index < -0.39 is 0 Å². The van der Waals surface area contributed by atoms with E-state index in [0.29, 0.717) is 17.6 Å². The van der Waals surface area contributed by atoms with Crippen molar-refractivity contribution in [1.82, 2.24) is 24.1 Å². The standard InChI is InChI=1S/C59H37N5/c1-5-19-38(20-6-1)42-35-43(39-21-7-2-8-22-39)37-44(36-42)63-50-32-18-17-31-49(50)53-51(63)33-34-52-55(53)54-47-29-15-13-27-45(47)46-28-14-16-30-48(46)56(54)64(52)59-61-57(40-23-9-3-10-24-40)60-58(62-59)41-25-11-4-12-26-41/h1-37H. The molecule has 5 nitrogen and oxygen atoms in total. The Balaban J connectivity index is 1.20. The number of rotatable bonds is 6. The van der Waals surface area contributed by atoms with E-state index in [0.717, 1.165) is 60.8 Å². The fraction of sp³-hybridized carbons (Fsp3) is 0. The van der Waals surface area contributed by atoms with E-state index in [9.17, 15) is 0 Å². The smallest absolute Gasteiger partial charge is 0.238 e. The Bertz CT molecular complexity index is 3810. The summed E-state index contributed by atoms with van der Waals surface area (Å²) in [6.45, 7) is 0. The molecule has 0 fully saturated rings. The van der Waals surface area contributed by atoms with Gasteiger partial charge in [0.15, 0.2) is 11.6 Å². The van der Waals surface area contributed by atoms with Crippen LogP contribution in [0.2, 0.25) is 0 Å². The maximum Gasteiger partial charge on any atom is 0.238 e. The molecule has 64 heavy (non-hydrogen) atoms. The summed E-state index contributed by atoms with van der Waals surface area (Å²) >= 11 is 0. The lowest BCUT2D eigenvalue weighted by Gasteiger charge is -2.14. The average Bonchev–Trinajstić information content (AvgIpc) is 3.91. The number of hydrogen-bond acceptors (Lipinski definition) is 3. The van der Waals surface area contributed by atoms with Gasteiger partial charge in [-0.1, -0.05) is 188 Å². The zero-order valence-corrected chi connectivity index (χ0v) is 34.6. The van der Waals surface area contributed by atoms with Crippen molar-refractivity contribution < 1.29 is 0 Å². The van der Waals surface area contributed by atoms with Crippen LogP contribution in [0.1, 0.15) is 0 Å². The van der Waals surface area contributed by atoms with E-state index in [1.165, 1.54) is 43.4 Å². The summed E-state index contributed by atoms with van der Waals surface area (Å²) in [5.41, 5.74) is 12.0. The molecule has 0 spiro atoms. The monoisotopic (exact) mass is 815 g/mol. The zero-order valence-electron chi connectivity index (χ0n) is 34.6. The van der Waals surface area contributed by atoms with Gasteiger partial charge in [-0.3, -0.25) is 4.57 Å². The van der Waals surface area contributed by atoms with Crippen molar-refractivity contribution in [2.24, 2.45) is 0 Å². The lowest BCUT2D eigenvalue weighted by molar-refractivity contribution is 0.955. The van der Waals surface area contributed by atoms with E-state index in [1.807, 2.05) is 36.4 Å². The van der Waals surface area contributed by atoms with E-state index in [-0.39, 0.29) is 0 Å². The zero-order chi connectivity index (χ0) is 42.1. The molecule has 0 N–H and O–H groups in total. The van der Waals surface area contributed by atoms with Crippen LogP contribution in [0.25, 0.3) is 122 Å². The third-order valence-electron chi connectivity index (χ3n) is 12.7. The van der Waals surface area contributed by atoms with Crippen molar-refractivity contribution in [3.05, 3.63) is 224 Å². The fourth-order valence-corrected chi connectivity index (χ4v) is 9.94. The van der Waals surface area contributed by atoms with Gasteiger partial charge in [-0.05, 0) is 74.8 Å². The van der Waals surface area contributed by atoms with E-state index in [2.05, 4.69) is 197 Å². The van der Waals surface area contributed by atoms with Gasteiger partial charge in [-0.15, -0.1) is 0 Å². The van der Waals surface area contributed by atoms with Gasteiger partial charge in [-0.25, -0.2) is 4.98 Å². The van der Waals surface area contributed by atoms with Crippen molar-refractivity contribution >= 4 is 65.2 Å². The largest absolute Gasteiger partial charge is 0.309 e. The molecule has 0 atom stereocenters. The SMILES string of the molecule is c1ccc(-c2cc(-c3ccccc3)cc(-n3c4ccccc4c4c5c6c7ccccc7c7ccccc7c6n(-c6nc(-c7ccccc7)nc(-c7ccccc7)n6)c5ccc43)c2)cc1. The third kappa shape index (κ3) is 5.61. The summed E-state index contributed by atoms with van der Waals surface area (Å²) in [4.78, 5) is 15.8. The number of aromatic nitrogens is 5. The minimum atomic E-state index is 0.569. The summed E-state index contributed by atoms with van der Waals surface area (Å²) < 4.78 is 4.76. The van der Waals surface area contributed by atoms with Crippen molar-refractivity contribution in [2.75, 3.05) is 0 Å². The van der Waals surface area contributed by atoms with Crippen LogP contribution < -0.4 is 0 Å². The molecular formula is C59H37N5. The Labute approximate surface area is 368 Å². The Morgan fingerprint density at radius 1 is 0.266 bits per heavy atom. The van der Waals surface area contributed by atoms with Crippen molar-refractivity contribution in [2.45, 2.75) is 0 Å². The maximum atomic E-state index is 5.37. The Kier molecular flexibility index (Phi) is 8.15. The Morgan fingerprint density at radius 3 is 1.27 bits per heavy atom. The lowest BCUT2D eigenvalue weighted by atomic mass is 9.95. The van der Waals surface area contributed by atoms with Crippen LogP contribution in [0.5, 0.6) is 0 Å². The second-order valence-electron chi connectivity index (χ2n) is 16.4. The van der Waals surface area contributed by atoms with Gasteiger partial charge >= 0.3 is 0 Å². The van der Waals surface area contributed by atoms with Crippen LogP contribution in [0.3, 0.4) is 0 Å². The van der Waals surface area contributed by atoms with E-state index >= 15 is 0 Å². The molecule has 13 aromatic rings. The van der Waals surface area contributed by atoms with E-state index in [1.54, 1.807) is 0 Å². The van der Waals surface area contributed by atoms with Gasteiger partial charge in [-0.2, -0.15) is 9.97 Å². The highest BCUT2D eigenvalue weighted by Crippen LogP contribution is 2.47. The Hall–Kier alpha value is -8.67. The van der Waals surface area contributed by atoms with Gasteiger partial charge < -0.3 is 4.57 Å². The van der Waals surface area contributed by atoms with Gasteiger partial charge in [0, 0.05) is 43.7 Å². The van der Waals surface area contributed by atoms with E-state index in [4.69, 9.17) is 15.0 Å². The highest BCUT2D eigenvalue weighted by Gasteiger charge is 2.26. The molecule has 0 amide bonds. The summed E-state index contributed by atoms with van der Waals surface area (Å²) in [7, 11) is 0. The topological polar surface area (TPSA) is 48.5 Å². The van der Waals surface area contributed by atoms with Crippen LogP contribution in [0.15, 0.2) is 224 Å². The van der Waals surface area contributed by atoms with Crippen LogP contribution in [-0.2, 0) is 0 Å². The molecule has 0 aliphatic heterocycles. The van der Waals surface area contributed by atoms with Crippen molar-refractivity contribution in [1.29, 1.82) is 0 Å². The van der Waals surface area contributed by atoms with Gasteiger partial charge in [0.25, 0.3) is 0 Å². The van der Waals surface area contributed by atoms with Crippen LogP contribution >= 0.6 is 0 Å². The predicted octanol–water partition coefficient (Wildman–Crippen LogP) is 15.0. The maximum absolute atomic E-state index is 5.37. The molecular weight excluding hydrogens is 779 g/mol. The molecule has 5 heteroatoms. The number of benzene rings is 10. The highest BCUT2D eigenvalue weighted by atomic mass is 15.2. The summed E-state index contributed by atoms with van der Waals surface area (Å²) in [6, 6.07) is 79.9. The molecule has 298 valence electrons. The van der Waals surface area contributed by atoms with Crippen molar-refractivity contribution in [3.8, 4) is 56.7 Å². The molecule has 0 radical (unpaired) electrons. The highest BCUT2D eigenvalue weighted by molar-refractivity contribution is 6.38. The first kappa shape index (κ1) is 36.0. The van der Waals surface area contributed by atoms with Crippen LogP contribution in [0, 0.1) is 0 Å². The van der Waals surface area contributed by atoms with Crippen molar-refractivity contribution in [3.63, 3.8) is 0 Å². The number of fused-ring (bicyclic) bond motifs is 12. The molecule has 3 heterocycles. The average molecular weight is 816 g/mol. The number of hydrogen-bond donors (Lipinski definition) is 0. The summed E-state index contributed by atoms with van der Waals surface area (Å²) in [5, 5.41) is 9.40. The first-order chi connectivity index (χ1) is 31.8. The molecule has 3 aromatic heterocycles. The second-order valence-corrected chi connectivity index (χ2v) is 16.4. The quantitative estimate of drug-likeness (QED) is 0.157. The minimum absolute atomic E-state index is 0.569. The van der Waals surface area contributed by atoms with Crippen LogP contribution in [0.4, 0.5) is 0 Å². The summed E-state index contributed by atoms with van der Waals surface area (Å²) in [6.07, 6.45) is 0. The molecule has 13 rings (SSSR count). The molecule has 0 aliphatic carbocycles. The minimum Gasteiger partial charge on any atom is -0.309 e. The molecule has 0 aliphatic rings. The Morgan fingerprint density at radius 2 is 0.703 bits per heavy atom. The van der Waals surface area contributed by atoms with Gasteiger partial charge in [0.05, 0.1) is 22.1 Å². The second kappa shape index (κ2) is 14.5. The number of para-hydroxylation sites is 1. The molecule has 0 bridgehead atoms. The molecule has 10 aromatic carbocycles. The normalized spacial score (nSPS) is 11.8. The summed E-state index contributed by atoms with van der Waals surface area (Å²) in [5.74, 6) is 1.81. The lowest BCUT2D eigenvalue weighted by Crippen LogP contribution is -2.06. The third-order valence-corrected chi connectivity index (χ3v) is 12.7. The molecule has 0 unspecified atom stereocenters. The first-order valence-electron chi connectivity index (χ1n) is 21.7. The predicted molar refractivity (Wildman–Crippen MR) is 265 cm³/mol. The number of nitrogens with zero attached hydrogens (tertiary/aromatic N) is 5. The first-order valence-corrected chi connectivity index (χ1v) is 21.7. The van der Waals surface area contributed by atoms with Gasteiger partial charge in [0.1, 0.15) is 0 Å². The van der Waals surface area contributed by atoms with Crippen LogP contribution in [-0.4, -0.2) is 24.1 Å².